The fraction of sp³-hybridized carbons (Fsp3) is 0.538. The van der Waals surface area contributed by atoms with Crippen LogP contribution in [0.4, 0.5) is 0 Å². The highest BCUT2D eigenvalue weighted by Gasteiger charge is 2.17. The van der Waals surface area contributed by atoms with Crippen molar-refractivity contribution in [2.45, 2.75) is 11.3 Å². The lowest BCUT2D eigenvalue weighted by atomic mass is 10.3. The van der Waals surface area contributed by atoms with Gasteiger partial charge in [0.05, 0.1) is 5.02 Å². The summed E-state index contributed by atoms with van der Waals surface area (Å²) in [4.78, 5) is 2.45. The Morgan fingerprint density at radius 1 is 1.33 bits per heavy atom. The van der Waals surface area contributed by atoms with Crippen LogP contribution in [0.25, 0.3) is 0 Å². The third-order valence-electron chi connectivity index (χ3n) is 3.34. The second-order valence-corrected chi connectivity index (χ2v) is 7.98. The minimum Gasteiger partial charge on any atom is -0.314 e. The van der Waals surface area contributed by atoms with Gasteiger partial charge in [-0.15, -0.1) is 0 Å². The third-order valence-corrected chi connectivity index (χ3v) is 5.77. The molecule has 0 bridgehead atoms. The number of nitrogens with one attached hydrogen (secondary N) is 2. The quantitative estimate of drug-likeness (QED) is 0.718. The molecule has 21 heavy (non-hydrogen) atoms. The molecule has 118 valence electrons. The summed E-state index contributed by atoms with van der Waals surface area (Å²) in [5, 5.41) is 3.51. The summed E-state index contributed by atoms with van der Waals surface area (Å²) in [7, 11) is -3.54. The van der Waals surface area contributed by atoms with E-state index < -0.39 is 10.0 Å². The average molecular weight is 397 g/mol. The molecule has 1 aromatic carbocycles. The maximum absolute atomic E-state index is 12.2. The zero-order valence-electron chi connectivity index (χ0n) is 11.6. The normalized spacial score (nSPS) is 17.0. The first-order valence-corrected chi connectivity index (χ1v) is 9.52. The lowest BCUT2D eigenvalue weighted by Crippen LogP contribution is -2.44. The molecule has 2 rings (SSSR count). The molecule has 0 aliphatic carbocycles. The minimum absolute atomic E-state index is 0.120. The van der Waals surface area contributed by atoms with Gasteiger partial charge in [-0.05, 0) is 31.2 Å². The van der Waals surface area contributed by atoms with Gasteiger partial charge in [0.2, 0.25) is 10.0 Å². The largest absolute Gasteiger partial charge is 0.314 e. The number of benzene rings is 1. The molecule has 1 heterocycles. The van der Waals surface area contributed by atoms with Crippen molar-refractivity contribution < 1.29 is 8.42 Å². The number of halogens is 2. The molecule has 1 saturated heterocycles. The molecule has 0 atom stereocenters. The second kappa shape index (κ2) is 7.89. The topological polar surface area (TPSA) is 61.4 Å². The second-order valence-electron chi connectivity index (χ2n) is 4.92. The summed E-state index contributed by atoms with van der Waals surface area (Å²) in [5.41, 5.74) is 0. The van der Waals surface area contributed by atoms with Gasteiger partial charge in [0, 0.05) is 37.2 Å². The summed E-state index contributed by atoms with van der Waals surface area (Å²) < 4.78 is 27.7. The Labute approximate surface area is 139 Å². The van der Waals surface area contributed by atoms with Crippen molar-refractivity contribution in [2.24, 2.45) is 0 Å². The van der Waals surface area contributed by atoms with E-state index in [2.05, 4.69) is 30.9 Å². The van der Waals surface area contributed by atoms with E-state index >= 15 is 0 Å². The molecule has 0 spiro atoms. The first-order chi connectivity index (χ1) is 9.99. The first kappa shape index (κ1) is 17.2. The van der Waals surface area contributed by atoms with E-state index in [1.807, 2.05) is 0 Å². The average Bonchev–Trinajstić information content (AvgIpc) is 2.44. The van der Waals surface area contributed by atoms with Gasteiger partial charge in [0.15, 0.2) is 0 Å². The van der Waals surface area contributed by atoms with Crippen LogP contribution in [-0.4, -0.2) is 52.6 Å². The third kappa shape index (κ3) is 5.19. The predicted octanol–water partition coefficient (Wildman–Crippen LogP) is 1.68. The van der Waals surface area contributed by atoms with Crippen LogP contribution < -0.4 is 10.0 Å². The minimum atomic E-state index is -3.54. The van der Waals surface area contributed by atoms with Gasteiger partial charge in [-0.25, -0.2) is 13.1 Å². The lowest BCUT2D eigenvalue weighted by molar-refractivity contribution is 0.239. The highest BCUT2D eigenvalue weighted by molar-refractivity contribution is 9.10. The molecule has 0 amide bonds. The van der Waals surface area contributed by atoms with Crippen LogP contribution in [0.3, 0.4) is 0 Å². The number of sulfonamides is 1. The highest BCUT2D eigenvalue weighted by atomic mass is 79.9. The van der Waals surface area contributed by atoms with E-state index in [-0.39, 0.29) is 9.92 Å². The van der Waals surface area contributed by atoms with E-state index in [4.69, 9.17) is 11.6 Å². The number of hydrogen-bond acceptors (Lipinski definition) is 4. The molecule has 1 aromatic rings. The molecule has 8 heteroatoms. The first-order valence-electron chi connectivity index (χ1n) is 6.87. The molecule has 2 N–H and O–H groups in total. The molecule has 0 radical (unpaired) electrons. The number of hydrogen-bond donors (Lipinski definition) is 2. The molecule has 1 aliphatic rings. The van der Waals surface area contributed by atoms with Crippen LogP contribution in [0.5, 0.6) is 0 Å². The molecule has 1 aliphatic heterocycles. The summed E-state index contributed by atoms with van der Waals surface area (Å²) in [6.07, 6.45) is 0.785. The monoisotopic (exact) mass is 395 g/mol. The Hall–Kier alpha value is -0.180. The van der Waals surface area contributed by atoms with E-state index in [9.17, 15) is 8.42 Å². The molecule has 0 aromatic heterocycles. The van der Waals surface area contributed by atoms with Crippen molar-refractivity contribution in [3.63, 3.8) is 0 Å². The van der Waals surface area contributed by atoms with Crippen LogP contribution in [0.2, 0.25) is 5.02 Å². The van der Waals surface area contributed by atoms with E-state index in [1.165, 1.54) is 6.07 Å². The zero-order chi connectivity index (χ0) is 15.3. The summed E-state index contributed by atoms with van der Waals surface area (Å²) >= 11 is 9.24. The van der Waals surface area contributed by atoms with E-state index in [0.29, 0.717) is 6.54 Å². The van der Waals surface area contributed by atoms with Gasteiger partial charge in [-0.1, -0.05) is 27.5 Å². The number of nitrogens with zero attached hydrogens (tertiary/aromatic N) is 1. The van der Waals surface area contributed by atoms with Gasteiger partial charge in [-0.2, -0.15) is 0 Å². The van der Waals surface area contributed by atoms with Gasteiger partial charge in [0.25, 0.3) is 0 Å². The molecular weight excluding hydrogens is 378 g/mol. The van der Waals surface area contributed by atoms with Crippen LogP contribution >= 0.6 is 27.5 Å². The summed E-state index contributed by atoms with van der Waals surface area (Å²) in [5.74, 6) is 0. The zero-order valence-corrected chi connectivity index (χ0v) is 14.8. The predicted molar refractivity (Wildman–Crippen MR) is 88.3 cm³/mol. The molecule has 0 saturated carbocycles. The van der Waals surface area contributed by atoms with Crippen molar-refractivity contribution in [3.05, 3.63) is 27.7 Å². The Balaban J connectivity index is 1.83. The van der Waals surface area contributed by atoms with Crippen molar-refractivity contribution in [1.82, 2.24) is 14.9 Å². The van der Waals surface area contributed by atoms with Crippen molar-refractivity contribution in [1.29, 1.82) is 0 Å². The summed E-state index contributed by atoms with van der Waals surface area (Å²) in [6.45, 7) is 5.36. The van der Waals surface area contributed by atoms with Gasteiger partial charge < -0.3 is 10.2 Å². The van der Waals surface area contributed by atoms with Crippen molar-refractivity contribution in [2.75, 3.05) is 39.3 Å². The lowest BCUT2D eigenvalue weighted by Gasteiger charge is -2.27. The Bertz CT molecular complexity index is 577. The molecule has 1 fully saturated rings. The van der Waals surface area contributed by atoms with Gasteiger partial charge >= 0.3 is 0 Å². The molecular formula is C13H19BrClN3O2S. The SMILES string of the molecule is O=S(=O)(NCCCN1CCNCC1)c1ccc(Br)cc1Cl. The van der Waals surface area contributed by atoms with E-state index in [1.54, 1.807) is 12.1 Å². The maximum atomic E-state index is 12.2. The molecule has 5 nitrogen and oxygen atoms in total. The summed E-state index contributed by atoms with van der Waals surface area (Å²) in [6, 6.07) is 4.75. The van der Waals surface area contributed by atoms with E-state index in [0.717, 1.165) is 43.6 Å². The standard InChI is InChI=1S/C13H19BrClN3O2S/c14-11-2-3-13(12(15)10-11)21(19,20)17-4-1-7-18-8-5-16-6-9-18/h2-3,10,16-17H,1,4-9H2. The van der Waals surface area contributed by atoms with Crippen LogP contribution in [0.1, 0.15) is 6.42 Å². The maximum Gasteiger partial charge on any atom is 0.242 e. The fourth-order valence-electron chi connectivity index (χ4n) is 2.21. The van der Waals surface area contributed by atoms with Crippen LogP contribution in [-0.2, 0) is 10.0 Å². The number of piperazine rings is 1. The van der Waals surface area contributed by atoms with Crippen LogP contribution in [0.15, 0.2) is 27.6 Å². The van der Waals surface area contributed by atoms with Crippen molar-refractivity contribution >= 4 is 37.6 Å². The van der Waals surface area contributed by atoms with Crippen molar-refractivity contribution in [3.8, 4) is 0 Å². The number of rotatable bonds is 6. The molecule has 0 unspecified atom stereocenters. The van der Waals surface area contributed by atoms with Gasteiger partial charge in [-0.3, -0.25) is 0 Å². The Morgan fingerprint density at radius 3 is 2.71 bits per heavy atom. The Morgan fingerprint density at radius 2 is 2.05 bits per heavy atom. The Kier molecular flexibility index (Phi) is 6.46. The van der Waals surface area contributed by atoms with Crippen LogP contribution in [0, 0.1) is 0 Å². The van der Waals surface area contributed by atoms with Gasteiger partial charge in [0.1, 0.15) is 4.90 Å². The fourth-order valence-corrected chi connectivity index (χ4v) is 4.32. The highest BCUT2D eigenvalue weighted by Crippen LogP contribution is 2.24. The smallest absolute Gasteiger partial charge is 0.242 e.